The predicted octanol–water partition coefficient (Wildman–Crippen LogP) is 2.19. The molecule has 0 amide bonds. The van der Waals surface area contributed by atoms with Gasteiger partial charge in [-0.25, -0.2) is 4.98 Å². The molecule has 0 spiro atoms. The summed E-state index contributed by atoms with van der Waals surface area (Å²) in [4.78, 5) is 4.22. The second-order valence-electron chi connectivity index (χ2n) is 3.16. The van der Waals surface area contributed by atoms with Gasteiger partial charge in [0.2, 0.25) is 0 Å². The van der Waals surface area contributed by atoms with Crippen LogP contribution in [-0.2, 0) is 13.6 Å². The molecule has 2 aromatic heterocycles. The van der Waals surface area contributed by atoms with E-state index in [9.17, 15) is 0 Å². The Hall–Kier alpha value is -1.36. The molecule has 1 N–H and O–H groups in total. The third kappa shape index (κ3) is 2.56. The molecular formula is C10H11BrN4. The fourth-order valence-electron chi connectivity index (χ4n) is 1.24. The Labute approximate surface area is 96.5 Å². The van der Waals surface area contributed by atoms with Crippen LogP contribution in [0.3, 0.4) is 0 Å². The zero-order valence-corrected chi connectivity index (χ0v) is 9.90. The topological polar surface area (TPSA) is 42.7 Å². The van der Waals surface area contributed by atoms with Crippen molar-refractivity contribution in [2.75, 3.05) is 5.32 Å². The summed E-state index contributed by atoms with van der Waals surface area (Å²) in [5, 5.41) is 7.31. The van der Waals surface area contributed by atoms with Crippen molar-refractivity contribution in [2.45, 2.75) is 6.54 Å². The van der Waals surface area contributed by atoms with E-state index in [-0.39, 0.29) is 0 Å². The molecule has 0 fully saturated rings. The van der Waals surface area contributed by atoms with Crippen LogP contribution in [0.2, 0.25) is 0 Å². The van der Waals surface area contributed by atoms with Crippen LogP contribution in [0.4, 0.5) is 5.82 Å². The molecule has 0 saturated heterocycles. The number of nitrogens with zero attached hydrogens (tertiary/aromatic N) is 3. The molecule has 0 saturated carbocycles. The highest BCUT2D eigenvalue weighted by atomic mass is 79.9. The molecule has 0 atom stereocenters. The van der Waals surface area contributed by atoms with Crippen molar-refractivity contribution in [3.63, 3.8) is 0 Å². The highest BCUT2D eigenvalue weighted by Crippen LogP contribution is 2.11. The molecule has 2 rings (SSSR count). The van der Waals surface area contributed by atoms with E-state index in [4.69, 9.17) is 0 Å². The SMILES string of the molecule is Cn1nccc1CNc1ccc(Br)cn1. The van der Waals surface area contributed by atoms with Crippen LogP contribution in [0.15, 0.2) is 35.1 Å². The molecular weight excluding hydrogens is 256 g/mol. The lowest BCUT2D eigenvalue weighted by Gasteiger charge is -2.05. The highest BCUT2D eigenvalue weighted by molar-refractivity contribution is 9.10. The number of hydrogen-bond donors (Lipinski definition) is 1. The van der Waals surface area contributed by atoms with Gasteiger partial charge in [0.15, 0.2) is 0 Å². The molecule has 4 nitrogen and oxygen atoms in total. The number of aromatic nitrogens is 3. The number of hydrogen-bond acceptors (Lipinski definition) is 3. The van der Waals surface area contributed by atoms with Crippen LogP contribution in [0.5, 0.6) is 0 Å². The van der Waals surface area contributed by atoms with E-state index in [0.29, 0.717) is 0 Å². The van der Waals surface area contributed by atoms with E-state index in [2.05, 4.69) is 31.3 Å². The Morgan fingerprint density at radius 2 is 2.27 bits per heavy atom. The number of aryl methyl sites for hydroxylation is 1. The fourth-order valence-corrected chi connectivity index (χ4v) is 1.47. The average molecular weight is 267 g/mol. The lowest BCUT2D eigenvalue weighted by atomic mass is 10.4. The van der Waals surface area contributed by atoms with Gasteiger partial charge in [-0.05, 0) is 34.1 Å². The van der Waals surface area contributed by atoms with Crippen molar-refractivity contribution in [1.82, 2.24) is 14.8 Å². The van der Waals surface area contributed by atoms with E-state index < -0.39 is 0 Å². The summed E-state index contributed by atoms with van der Waals surface area (Å²) in [6.07, 6.45) is 3.55. The monoisotopic (exact) mass is 266 g/mol. The highest BCUT2D eigenvalue weighted by Gasteiger charge is 1.98. The van der Waals surface area contributed by atoms with Crippen molar-refractivity contribution >= 4 is 21.7 Å². The van der Waals surface area contributed by atoms with Gasteiger partial charge in [0.25, 0.3) is 0 Å². The second kappa shape index (κ2) is 4.44. The van der Waals surface area contributed by atoms with Crippen molar-refractivity contribution in [1.29, 1.82) is 0 Å². The summed E-state index contributed by atoms with van der Waals surface area (Å²) in [6.45, 7) is 0.727. The Bertz CT molecular complexity index is 435. The van der Waals surface area contributed by atoms with Gasteiger partial charge in [-0.1, -0.05) is 0 Å². The van der Waals surface area contributed by atoms with Gasteiger partial charge in [-0.15, -0.1) is 0 Å². The minimum atomic E-state index is 0.727. The van der Waals surface area contributed by atoms with Crippen LogP contribution in [0.1, 0.15) is 5.69 Å². The molecule has 0 aromatic carbocycles. The summed E-state index contributed by atoms with van der Waals surface area (Å²) < 4.78 is 2.82. The van der Waals surface area contributed by atoms with Crippen LogP contribution >= 0.6 is 15.9 Å². The lowest BCUT2D eigenvalue weighted by Crippen LogP contribution is -2.06. The van der Waals surface area contributed by atoms with Crippen molar-refractivity contribution < 1.29 is 0 Å². The number of rotatable bonds is 3. The van der Waals surface area contributed by atoms with E-state index >= 15 is 0 Å². The number of pyridine rings is 1. The van der Waals surface area contributed by atoms with Gasteiger partial charge in [-0.2, -0.15) is 5.10 Å². The van der Waals surface area contributed by atoms with Crippen molar-refractivity contribution in [2.24, 2.45) is 7.05 Å². The van der Waals surface area contributed by atoms with Gasteiger partial charge in [0.05, 0.1) is 12.2 Å². The van der Waals surface area contributed by atoms with Gasteiger partial charge >= 0.3 is 0 Å². The zero-order chi connectivity index (χ0) is 10.7. The number of halogens is 1. The fraction of sp³-hybridized carbons (Fsp3) is 0.200. The normalized spacial score (nSPS) is 10.3. The lowest BCUT2D eigenvalue weighted by molar-refractivity contribution is 0.720. The first-order valence-corrected chi connectivity index (χ1v) is 5.37. The minimum absolute atomic E-state index is 0.727. The van der Waals surface area contributed by atoms with Crippen molar-refractivity contribution in [3.8, 4) is 0 Å². The first kappa shape index (κ1) is 10.2. The Morgan fingerprint density at radius 3 is 2.87 bits per heavy atom. The molecule has 0 aliphatic carbocycles. The van der Waals surface area contributed by atoms with Gasteiger partial charge in [0.1, 0.15) is 5.82 Å². The summed E-state index contributed by atoms with van der Waals surface area (Å²) in [5.74, 6) is 0.861. The Morgan fingerprint density at radius 1 is 1.40 bits per heavy atom. The summed E-state index contributed by atoms with van der Waals surface area (Å²) in [7, 11) is 1.92. The smallest absolute Gasteiger partial charge is 0.126 e. The van der Waals surface area contributed by atoms with Gasteiger partial charge < -0.3 is 5.32 Å². The molecule has 0 aliphatic heterocycles. The average Bonchev–Trinajstić information content (AvgIpc) is 2.63. The van der Waals surface area contributed by atoms with E-state index in [1.807, 2.05) is 29.9 Å². The third-order valence-corrected chi connectivity index (χ3v) is 2.57. The largest absolute Gasteiger partial charge is 0.364 e. The number of anilines is 1. The Kier molecular flexibility index (Phi) is 3.01. The Balaban J connectivity index is 1.99. The van der Waals surface area contributed by atoms with Crippen molar-refractivity contribution in [3.05, 3.63) is 40.8 Å². The summed E-state index contributed by atoms with van der Waals surface area (Å²) >= 11 is 3.34. The zero-order valence-electron chi connectivity index (χ0n) is 8.31. The van der Waals surface area contributed by atoms with E-state index in [1.165, 1.54) is 0 Å². The molecule has 0 aliphatic rings. The van der Waals surface area contributed by atoms with Crippen LogP contribution in [-0.4, -0.2) is 14.8 Å². The molecule has 5 heteroatoms. The third-order valence-electron chi connectivity index (χ3n) is 2.10. The maximum absolute atomic E-state index is 4.22. The molecule has 0 unspecified atom stereocenters. The molecule has 0 bridgehead atoms. The quantitative estimate of drug-likeness (QED) is 0.926. The van der Waals surface area contributed by atoms with E-state index in [1.54, 1.807) is 12.4 Å². The molecule has 78 valence electrons. The first-order chi connectivity index (χ1) is 7.25. The van der Waals surface area contributed by atoms with Crippen LogP contribution in [0, 0.1) is 0 Å². The van der Waals surface area contributed by atoms with Gasteiger partial charge in [0, 0.05) is 23.9 Å². The van der Waals surface area contributed by atoms with Gasteiger partial charge in [-0.3, -0.25) is 4.68 Å². The minimum Gasteiger partial charge on any atom is -0.364 e. The summed E-state index contributed by atoms with van der Waals surface area (Å²) in [6, 6.07) is 5.87. The standard InChI is InChI=1S/C10H11BrN4/c1-15-9(4-5-14-15)7-13-10-3-2-8(11)6-12-10/h2-6H,7H2,1H3,(H,12,13). The second-order valence-corrected chi connectivity index (χ2v) is 4.08. The molecule has 0 radical (unpaired) electrons. The van der Waals surface area contributed by atoms with Crippen LogP contribution < -0.4 is 5.32 Å². The molecule has 15 heavy (non-hydrogen) atoms. The first-order valence-electron chi connectivity index (χ1n) is 4.58. The maximum Gasteiger partial charge on any atom is 0.126 e. The van der Waals surface area contributed by atoms with E-state index in [0.717, 1.165) is 22.5 Å². The molecule has 2 heterocycles. The molecule has 2 aromatic rings. The predicted molar refractivity (Wildman–Crippen MR) is 62.5 cm³/mol. The number of nitrogens with one attached hydrogen (secondary N) is 1. The summed E-state index contributed by atoms with van der Waals surface area (Å²) in [5.41, 5.74) is 1.12. The van der Waals surface area contributed by atoms with Crippen LogP contribution in [0.25, 0.3) is 0 Å². The maximum atomic E-state index is 4.22.